The van der Waals surface area contributed by atoms with E-state index in [2.05, 4.69) is 26.1 Å². The minimum atomic E-state index is -0.524. The average Bonchev–Trinajstić information content (AvgIpc) is 2.37. The van der Waals surface area contributed by atoms with E-state index in [1.54, 1.807) is 0 Å². The molecule has 0 heterocycles. The summed E-state index contributed by atoms with van der Waals surface area (Å²) in [4.78, 5) is 0. The molecule has 0 atom stereocenters. The van der Waals surface area contributed by atoms with E-state index in [0.29, 0.717) is 6.42 Å². The van der Waals surface area contributed by atoms with E-state index >= 15 is 0 Å². The summed E-state index contributed by atoms with van der Waals surface area (Å²) in [6, 6.07) is 2.48. The van der Waals surface area contributed by atoms with Crippen molar-refractivity contribution in [3.05, 3.63) is 29.3 Å². The lowest BCUT2D eigenvalue weighted by atomic mass is 9.83. The zero-order chi connectivity index (χ0) is 15.2. The molecular formula is C16H25F2NO. The minimum Gasteiger partial charge on any atom is -0.497 e. The Kier molecular flexibility index (Phi) is 6.40. The predicted octanol–water partition coefficient (Wildman–Crippen LogP) is 3.93. The summed E-state index contributed by atoms with van der Waals surface area (Å²) in [5.41, 5.74) is 0.211. The van der Waals surface area contributed by atoms with E-state index < -0.39 is 11.6 Å². The second kappa shape index (κ2) is 7.58. The first-order valence-corrected chi connectivity index (χ1v) is 7.12. The van der Waals surface area contributed by atoms with Gasteiger partial charge in [0.1, 0.15) is 17.4 Å². The van der Waals surface area contributed by atoms with Gasteiger partial charge in [0.05, 0.1) is 7.11 Å². The third kappa shape index (κ3) is 5.08. The van der Waals surface area contributed by atoms with Crippen LogP contribution in [-0.2, 0) is 6.42 Å². The maximum Gasteiger partial charge on any atom is 0.133 e. The highest BCUT2D eigenvalue weighted by Gasteiger charge is 2.20. The van der Waals surface area contributed by atoms with Crippen LogP contribution in [0.15, 0.2) is 12.1 Å². The first kappa shape index (κ1) is 16.9. The fourth-order valence-corrected chi connectivity index (χ4v) is 2.13. The van der Waals surface area contributed by atoms with Crippen LogP contribution in [0.1, 0.15) is 39.2 Å². The number of rotatable bonds is 8. The Balaban J connectivity index is 2.65. The van der Waals surface area contributed by atoms with Crippen molar-refractivity contribution in [2.75, 3.05) is 20.2 Å². The molecule has 0 unspecified atom stereocenters. The number of nitrogens with one attached hydrogen (secondary N) is 1. The Morgan fingerprint density at radius 1 is 1.15 bits per heavy atom. The molecule has 20 heavy (non-hydrogen) atoms. The number of methoxy groups -OCH3 is 1. The van der Waals surface area contributed by atoms with Crippen LogP contribution in [0.5, 0.6) is 5.75 Å². The maximum absolute atomic E-state index is 13.8. The Hall–Kier alpha value is -1.16. The van der Waals surface area contributed by atoms with Gasteiger partial charge in [0.25, 0.3) is 0 Å². The molecule has 2 nitrogen and oxygen atoms in total. The van der Waals surface area contributed by atoms with Crippen LogP contribution in [0, 0.1) is 17.0 Å². The summed E-state index contributed by atoms with van der Waals surface area (Å²) in [5, 5.41) is 3.28. The number of hydrogen-bond acceptors (Lipinski definition) is 2. The lowest BCUT2D eigenvalue weighted by Crippen LogP contribution is -2.22. The number of benzene rings is 1. The predicted molar refractivity (Wildman–Crippen MR) is 78.2 cm³/mol. The summed E-state index contributed by atoms with van der Waals surface area (Å²) in [6.45, 7) is 8.19. The van der Waals surface area contributed by atoms with Gasteiger partial charge in [-0.3, -0.25) is 0 Å². The third-order valence-corrected chi connectivity index (χ3v) is 3.63. The van der Waals surface area contributed by atoms with Gasteiger partial charge in [-0.15, -0.1) is 0 Å². The van der Waals surface area contributed by atoms with Crippen LogP contribution < -0.4 is 10.1 Å². The topological polar surface area (TPSA) is 21.3 Å². The normalized spacial score (nSPS) is 11.7. The van der Waals surface area contributed by atoms with Crippen LogP contribution >= 0.6 is 0 Å². The van der Waals surface area contributed by atoms with Crippen molar-refractivity contribution >= 4 is 0 Å². The molecule has 0 saturated heterocycles. The van der Waals surface area contributed by atoms with Crippen LogP contribution in [0.3, 0.4) is 0 Å². The van der Waals surface area contributed by atoms with Crippen molar-refractivity contribution in [3.63, 3.8) is 0 Å². The molecule has 0 aliphatic carbocycles. The summed E-state index contributed by atoms with van der Waals surface area (Å²) in [5.74, 6) is -0.830. The molecule has 0 aliphatic rings. The van der Waals surface area contributed by atoms with Gasteiger partial charge in [0.15, 0.2) is 0 Å². The standard InChI is InChI=1S/C16H25F2NO/c1-5-19-9-8-16(2,3)7-6-13-14(17)10-12(20-4)11-15(13)18/h10-11,19H,5-9H2,1-4H3. The summed E-state index contributed by atoms with van der Waals surface area (Å²) < 4.78 is 32.5. The highest BCUT2D eigenvalue weighted by molar-refractivity contribution is 5.30. The first-order valence-electron chi connectivity index (χ1n) is 7.12. The van der Waals surface area contributed by atoms with E-state index in [0.717, 1.165) is 25.9 Å². The molecule has 1 aromatic carbocycles. The quantitative estimate of drug-likeness (QED) is 0.731. The molecule has 0 aromatic heterocycles. The molecule has 0 bridgehead atoms. The molecule has 1 rings (SSSR count). The molecule has 1 N–H and O–H groups in total. The number of ether oxygens (including phenoxy) is 1. The number of halogens is 2. The van der Waals surface area contributed by atoms with Crippen LogP contribution in [0.25, 0.3) is 0 Å². The summed E-state index contributed by atoms with van der Waals surface area (Å²) in [6.07, 6.45) is 2.14. The Labute approximate surface area is 120 Å². The van der Waals surface area contributed by atoms with Crippen molar-refractivity contribution in [2.45, 2.75) is 40.0 Å². The smallest absolute Gasteiger partial charge is 0.133 e. The molecule has 0 saturated carbocycles. The van der Waals surface area contributed by atoms with E-state index in [9.17, 15) is 8.78 Å². The fraction of sp³-hybridized carbons (Fsp3) is 0.625. The zero-order valence-electron chi connectivity index (χ0n) is 12.9. The summed E-state index contributed by atoms with van der Waals surface area (Å²) >= 11 is 0. The second-order valence-electron chi connectivity index (χ2n) is 5.84. The minimum absolute atomic E-state index is 0.0565. The maximum atomic E-state index is 13.8. The largest absolute Gasteiger partial charge is 0.497 e. The van der Waals surface area contributed by atoms with Crippen molar-refractivity contribution in [3.8, 4) is 5.75 Å². The molecule has 0 spiro atoms. The molecule has 0 fully saturated rings. The van der Waals surface area contributed by atoms with Gasteiger partial charge >= 0.3 is 0 Å². The van der Waals surface area contributed by atoms with Gasteiger partial charge < -0.3 is 10.1 Å². The second-order valence-corrected chi connectivity index (χ2v) is 5.84. The molecule has 0 amide bonds. The lowest BCUT2D eigenvalue weighted by molar-refractivity contribution is 0.300. The molecule has 4 heteroatoms. The fourth-order valence-electron chi connectivity index (χ4n) is 2.13. The lowest BCUT2D eigenvalue weighted by Gasteiger charge is -2.25. The Bertz CT molecular complexity index is 409. The van der Waals surface area contributed by atoms with E-state index in [1.165, 1.54) is 19.2 Å². The zero-order valence-corrected chi connectivity index (χ0v) is 12.9. The third-order valence-electron chi connectivity index (χ3n) is 3.63. The summed E-state index contributed by atoms with van der Waals surface area (Å²) in [7, 11) is 1.40. The van der Waals surface area contributed by atoms with Gasteiger partial charge in [0, 0.05) is 17.7 Å². The van der Waals surface area contributed by atoms with Crippen molar-refractivity contribution < 1.29 is 13.5 Å². The van der Waals surface area contributed by atoms with E-state index in [-0.39, 0.29) is 16.7 Å². The van der Waals surface area contributed by atoms with Gasteiger partial charge in [-0.25, -0.2) is 8.78 Å². The highest BCUT2D eigenvalue weighted by atomic mass is 19.1. The van der Waals surface area contributed by atoms with E-state index in [1.807, 2.05) is 0 Å². The van der Waals surface area contributed by atoms with E-state index in [4.69, 9.17) is 4.74 Å². The molecule has 114 valence electrons. The molecular weight excluding hydrogens is 260 g/mol. The van der Waals surface area contributed by atoms with Gasteiger partial charge in [-0.2, -0.15) is 0 Å². The van der Waals surface area contributed by atoms with Crippen molar-refractivity contribution in [2.24, 2.45) is 5.41 Å². The van der Waals surface area contributed by atoms with Gasteiger partial charge in [-0.05, 0) is 37.8 Å². The SMILES string of the molecule is CCNCCC(C)(C)CCc1c(F)cc(OC)cc1F. The first-order chi connectivity index (χ1) is 9.39. The Morgan fingerprint density at radius 2 is 1.75 bits per heavy atom. The Morgan fingerprint density at radius 3 is 2.25 bits per heavy atom. The van der Waals surface area contributed by atoms with Crippen LogP contribution in [0.2, 0.25) is 0 Å². The number of hydrogen-bond donors (Lipinski definition) is 1. The van der Waals surface area contributed by atoms with Crippen LogP contribution in [0.4, 0.5) is 8.78 Å². The van der Waals surface area contributed by atoms with Crippen molar-refractivity contribution in [1.29, 1.82) is 0 Å². The molecule has 0 radical (unpaired) electrons. The monoisotopic (exact) mass is 285 g/mol. The molecule has 1 aromatic rings. The van der Waals surface area contributed by atoms with Crippen molar-refractivity contribution in [1.82, 2.24) is 5.32 Å². The average molecular weight is 285 g/mol. The van der Waals surface area contributed by atoms with Crippen LogP contribution in [-0.4, -0.2) is 20.2 Å². The van der Waals surface area contributed by atoms with Gasteiger partial charge in [-0.1, -0.05) is 20.8 Å². The molecule has 0 aliphatic heterocycles. The highest BCUT2D eigenvalue weighted by Crippen LogP contribution is 2.29. The van der Waals surface area contributed by atoms with Gasteiger partial charge in [0.2, 0.25) is 0 Å².